The van der Waals surface area contributed by atoms with Gasteiger partial charge in [0.15, 0.2) is 35.2 Å². The molecule has 2 aliphatic rings. The monoisotopic (exact) mass is 414 g/mol. The number of carbonyl (C=O) groups excluding carboxylic acids is 1. The number of Topliss-reactive ketones (excluding diaryl/α,β-unsaturated/α-hetero) is 1. The second-order valence-corrected chi connectivity index (χ2v) is 7.47. The fourth-order valence-corrected chi connectivity index (χ4v) is 3.59. The molecule has 0 bridgehead atoms. The molecule has 0 saturated heterocycles. The van der Waals surface area contributed by atoms with Crippen LogP contribution in [0.4, 0.5) is 0 Å². The van der Waals surface area contributed by atoms with E-state index in [1.165, 1.54) is 0 Å². The Hall–Kier alpha value is -2.77. The highest BCUT2D eigenvalue weighted by atomic mass is 16.6. The van der Waals surface area contributed by atoms with Crippen LogP contribution in [0.2, 0.25) is 0 Å². The van der Waals surface area contributed by atoms with E-state index in [1.807, 2.05) is 36.4 Å². The molecular formula is C23H26O7. The summed E-state index contributed by atoms with van der Waals surface area (Å²) in [7, 11) is 3.26. The van der Waals surface area contributed by atoms with Gasteiger partial charge in [0.05, 0.1) is 13.2 Å². The van der Waals surface area contributed by atoms with Crippen molar-refractivity contribution >= 4 is 5.78 Å². The third-order valence-corrected chi connectivity index (χ3v) is 4.96. The molecule has 0 saturated carbocycles. The lowest BCUT2D eigenvalue weighted by molar-refractivity contribution is -0.117. The normalized spacial score (nSPS) is 19.4. The van der Waals surface area contributed by atoms with Crippen molar-refractivity contribution in [3.05, 3.63) is 47.5 Å². The molecule has 0 fully saturated rings. The average Bonchev–Trinajstić information content (AvgIpc) is 2.74. The Morgan fingerprint density at radius 1 is 0.800 bits per heavy atom. The molecule has 0 N–H and O–H groups in total. The topological polar surface area (TPSA) is 72.5 Å². The van der Waals surface area contributed by atoms with E-state index in [1.54, 1.807) is 14.2 Å². The molecule has 2 unspecified atom stereocenters. The highest BCUT2D eigenvalue weighted by molar-refractivity contribution is 5.83. The number of ketones is 1. The SMILES string of the molecule is COCC1COc2ccc(CC(=O)Cc3ccc4c(c3)OC(COC)CO4)cc2O1. The zero-order chi connectivity index (χ0) is 20.9. The van der Waals surface area contributed by atoms with Gasteiger partial charge in [0.2, 0.25) is 0 Å². The predicted molar refractivity (Wildman–Crippen MR) is 109 cm³/mol. The molecule has 30 heavy (non-hydrogen) atoms. The first-order valence-electron chi connectivity index (χ1n) is 9.99. The molecular weight excluding hydrogens is 388 g/mol. The summed E-state index contributed by atoms with van der Waals surface area (Å²) in [6.45, 7) is 1.82. The minimum atomic E-state index is -0.145. The van der Waals surface area contributed by atoms with Crippen molar-refractivity contribution in [2.75, 3.05) is 40.6 Å². The van der Waals surface area contributed by atoms with Gasteiger partial charge in [0, 0.05) is 27.1 Å². The van der Waals surface area contributed by atoms with E-state index in [0.717, 1.165) is 11.1 Å². The predicted octanol–water partition coefficient (Wildman–Crippen LogP) is 2.61. The Kier molecular flexibility index (Phi) is 6.40. The number of fused-ring (bicyclic) bond motifs is 2. The molecule has 160 valence electrons. The van der Waals surface area contributed by atoms with E-state index in [4.69, 9.17) is 28.4 Å². The molecule has 7 nitrogen and oxygen atoms in total. The second-order valence-electron chi connectivity index (χ2n) is 7.47. The van der Waals surface area contributed by atoms with Crippen LogP contribution < -0.4 is 18.9 Å². The molecule has 2 aliphatic heterocycles. The van der Waals surface area contributed by atoms with Gasteiger partial charge in [0.1, 0.15) is 19.0 Å². The van der Waals surface area contributed by atoms with Crippen LogP contribution in [0.1, 0.15) is 11.1 Å². The van der Waals surface area contributed by atoms with Gasteiger partial charge in [-0.1, -0.05) is 12.1 Å². The summed E-state index contributed by atoms with van der Waals surface area (Å²) >= 11 is 0. The van der Waals surface area contributed by atoms with E-state index in [2.05, 4.69) is 0 Å². The van der Waals surface area contributed by atoms with Crippen molar-refractivity contribution in [1.29, 1.82) is 0 Å². The molecule has 2 atom stereocenters. The zero-order valence-electron chi connectivity index (χ0n) is 17.2. The first kappa shape index (κ1) is 20.5. The fraction of sp³-hybridized carbons (Fsp3) is 0.435. The Balaban J connectivity index is 1.38. The van der Waals surface area contributed by atoms with Gasteiger partial charge in [-0.15, -0.1) is 0 Å². The third kappa shape index (κ3) is 4.86. The van der Waals surface area contributed by atoms with Gasteiger partial charge in [-0.25, -0.2) is 0 Å². The van der Waals surface area contributed by atoms with E-state index in [9.17, 15) is 4.79 Å². The van der Waals surface area contributed by atoms with Gasteiger partial charge in [-0.3, -0.25) is 4.79 Å². The molecule has 2 aromatic rings. The molecule has 0 radical (unpaired) electrons. The number of carbonyl (C=O) groups is 1. The summed E-state index contributed by atoms with van der Waals surface area (Å²) in [4.78, 5) is 12.7. The Labute approximate surface area is 175 Å². The summed E-state index contributed by atoms with van der Waals surface area (Å²) in [5.74, 6) is 2.78. The molecule has 7 heteroatoms. The number of hydrogen-bond donors (Lipinski definition) is 0. The van der Waals surface area contributed by atoms with Crippen LogP contribution in [0.5, 0.6) is 23.0 Å². The van der Waals surface area contributed by atoms with Gasteiger partial charge >= 0.3 is 0 Å². The number of methoxy groups -OCH3 is 2. The third-order valence-electron chi connectivity index (χ3n) is 4.96. The lowest BCUT2D eigenvalue weighted by atomic mass is 10.0. The van der Waals surface area contributed by atoms with Gasteiger partial charge in [-0.2, -0.15) is 0 Å². The van der Waals surface area contributed by atoms with Crippen molar-refractivity contribution in [1.82, 2.24) is 0 Å². The van der Waals surface area contributed by atoms with Crippen molar-refractivity contribution in [3.8, 4) is 23.0 Å². The van der Waals surface area contributed by atoms with Crippen LogP contribution in [-0.2, 0) is 27.1 Å². The summed E-state index contributed by atoms with van der Waals surface area (Å²) in [5, 5.41) is 0. The number of hydrogen-bond acceptors (Lipinski definition) is 7. The first-order valence-corrected chi connectivity index (χ1v) is 9.99. The largest absolute Gasteiger partial charge is 0.486 e. The number of benzene rings is 2. The van der Waals surface area contributed by atoms with Crippen LogP contribution in [0.25, 0.3) is 0 Å². The highest BCUT2D eigenvalue weighted by Gasteiger charge is 2.23. The Morgan fingerprint density at radius 2 is 1.27 bits per heavy atom. The minimum Gasteiger partial charge on any atom is -0.486 e. The lowest BCUT2D eigenvalue weighted by Gasteiger charge is -2.26. The number of rotatable bonds is 8. The second kappa shape index (κ2) is 9.36. The van der Waals surface area contributed by atoms with E-state index >= 15 is 0 Å². The van der Waals surface area contributed by atoms with Crippen molar-refractivity contribution in [2.45, 2.75) is 25.0 Å². The number of ether oxygens (including phenoxy) is 6. The van der Waals surface area contributed by atoms with Crippen LogP contribution in [0.3, 0.4) is 0 Å². The minimum absolute atomic E-state index is 0.102. The highest BCUT2D eigenvalue weighted by Crippen LogP contribution is 2.34. The van der Waals surface area contributed by atoms with Crippen LogP contribution in [0.15, 0.2) is 36.4 Å². The molecule has 0 aliphatic carbocycles. The van der Waals surface area contributed by atoms with Crippen molar-refractivity contribution in [2.24, 2.45) is 0 Å². The van der Waals surface area contributed by atoms with Gasteiger partial charge in [0.25, 0.3) is 0 Å². The van der Waals surface area contributed by atoms with Crippen molar-refractivity contribution < 1.29 is 33.2 Å². The van der Waals surface area contributed by atoms with Crippen LogP contribution in [0, 0.1) is 0 Å². The molecule has 4 rings (SSSR count). The molecule has 0 spiro atoms. The summed E-state index contributed by atoms with van der Waals surface area (Å²) in [6, 6.07) is 11.2. The molecule has 0 aromatic heterocycles. The maximum Gasteiger partial charge on any atom is 0.162 e. The molecule has 0 amide bonds. The van der Waals surface area contributed by atoms with E-state index < -0.39 is 0 Å². The summed E-state index contributed by atoms with van der Waals surface area (Å²) in [6.07, 6.45) is 0.333. The Morgan fingerprint density at radius 3 is 1.70 bits per heavy atom. The van der Waals surface area contributed by atoms with Gasteiger partial charge < -0.3 is 28.4 Å². The Bertz CT molecular complexity index is 824. The summed E-state index contributed by atoms with van der Waals surface area (Å²) < 4.78 is 33.5. The molecule has 2 aromatic carbocycles. The fourth-order valence-electron chi connectivity index (χ4n) is 3.59. The quantitative estimate of drug-likeness (QED) is 0.657. The smallest absolute Gasteiger partial charge is 0.162 e. The molecule has 2 heterocycles. The first-order chi connectivity index (χ1) is 14.6. The van der Waals surface area contributed by atoms with Crippen molar-refractivity contribution in [3.63, 3.8) is 0 Å². The van der Waals surface area contributed by atoms with Crippen LogP contribution >= 0.6 is 0 Å². The lowest BCUT2D eigenvalue weighted by Crippen LogP contribution is -2.33. The maximum atomic E-state index is 12.7. The zero-order valence-corrected chi connectivity index (χ0v) is 17.2. The van der Waals surface area contributed by atoms with E-state index in [-0.39, 0.29) is 18.0 Å². The summed E-state index contributed by atoms with van der Waals surface area (Å²) in [5.41, 5.74) is 1.77. The average molecular weight is 414 g/mol. The van der Waals surface area contributed by atoms with E-state index in [0.29, 0.717) is 62.3 Å². The van der Waals surface area contributed by atoms with Gasteiger partial charge in [-0.05, 0) is 35.4 Å². The standard InChI is InChI=1S/C23H26O7/c1-25-11-18-13-27-20-5-3-15(9-22(20)29-18)7-17(24)8-16-4-6-21-23(10-16)30-19(12-26-2)14-28-21/h3-6,9-10,18-19H,7-8,11-14H2,1-2H3. The maximum absolute atomic E-state index is 12.7. The van der Waals surface area contributed by atoms with Crippen LogP contribution in [-0.4, -0.2) is 58.6 Å².